The lowest BCUT2D eigenvalue weighted by molar-refractivity contribution is -0.122. The number of hydrogen-bond acceptors (Lipinski definition) is 6. The van der Waals surface area contributed by atoms with Gasteiger partial charge in [-0.3, -0.25) is 14.5 Å². The smallest absolute Gasteiger partial charge is 0.335 e. The van der Waals surface area contributed by atoms with E-state index < -0.39 is 5.97 Å². The largest absolute Gasteiger partial charge is 0.497 e. The maximum absolute atomic E-state index is 13.9. The van der Waals surface area contributed by atoms with Gasteiger partial charge in [-0.25, -0.2) is 9.79 Å². The summed E-state index contributed by atoms with van der Waals surface area (Å²) in [5.41, 5.74) is 3.83. The Bertz CT molecular complexity index is 2000. The number of ether oxygens (including phenoxy) is 1. The average Bonchev–Trinajstić information content (AvgIpc) is 3.54. The van der Waals surface area contributed by atoms with Crippen molar-refractivity contribution in [1.29, 1.82) is 0 Å². The molecule has 0 saturated carbocycles. The summed E-state index contributed by atoms with van der Waals surface area (Å²) in [7, 11) is 1.59. The van der Waals surface area contributed by atoms with Crippen LogP contribution >= 0.6 is 23.4 Å². The van der Waals surface area contributed by atoms with Crippen molar-refractivity contribution in [2.24, 2.45) is 4.99 Å². The van der Waals surface area contributed by atoms with E-state index in [0.29, 0.717) is 32.2 Å². The molecule has 1 saturated heterocycles. The molecule has 0 bridgehead atoms. The maximum atomic E-state index is 13.9. The van der Waals surface area contributed by atoms with Crippen LogP contribution in [0.2, 0.25) is 5.02 Å². The lowest BCUT2D eigenvalue weighted by Gasteiger charge is -2.16. The fourth-order valence-electron chi connectivity index (χ4n) is 4.98. The van der Waals surface area contributed by atoms with Crippen molar-refractivity contribution >= 4 is 74.7 Å². The van der Waals surface area contributed by atoms with Crippen LogP contribution < -0.4 is 10.1 Å². The molecule has 230 valence electrons. The van der Waals surface area contributed by atoms with Crippen LogP contribution in [0.25, 0.3) is 17.0 Å². The molecule has 0 aliphatic carbocycles. The Morgan fingerprint density at radius 1 is 0.978 bits per heavy atom. The van der Waals surface area contributed by atoms with Gasteiger partial charge in [0.2, 0.25) is 5.91 Å². The molecule has 4 aromatic carbocycles. The van der Waals surface area contributed by atoms with Gasteiger partial charge < -0.3 is 19.7 Å². The number of nitrogens with zero attached hydrogens (tertiary/aromatic N) is 3. The summed E-state index contributed by atoms with van der Waals surface area (Å²) in [6.45, 7) is 0.265. The number of methoxy groups -OCH3 is 1. The molecule has 0 spiro atoms. The number of thioether (sulfide) groups is 1. The normalized spacial score (nSPS) is 14.7. The van der Waals surface area contributed by atoms with Gasteiger partial charge in [0.1, 0.15) is 12.3 Å². The summed E-state index contributed by atoms with van der Waals surface area (Å²) in [5.74, 6) is -0.777. The molecule has 5 aromatic rings. The lowest BCUT2D eigenvalue weighted by atomic mass is 10.1. The number of fused-ring (bicyclic) bond motifs is 1. The second-order valence-electron chi connectivity index (χ2n) is 10.4. The molecule has 9 nitrogen and oxygen atoms in total. The maximum Gasteiger partial charge on any atom is 0.335 e. The van der Waals surface area contributed by atoms with Crippen LogP contribution in [0.1, 0.15) is 21.5 Å². The molecular weight excluding hydrogens is 624 g/mol. The number of nitrogens with one attached hydrogen (secondary N) is 1. The number of benzene rings is 4. The molecule has 0 atom stereocenters. The fraction of sp³-hybridized carbons (Fsp3) is 0.0857. The number of amides is 2. The number of carboxylic acid groups (broad SMARTS) is 1. The van der Waals surface area contributed by atoms with Crippen molar-refractivity contribution in [3.05, 3.63) is 130 Å². The van der Waals surface area contributed by atoms with E-state index >= 15 is 0 Å². The second kappa shape index (κ2) is 13.4. The summed E-state index contributed by atoms with van der Waals surface area (Å²) >= 11 is 7.22. The van der Waals surface area contributed by atoms with E-state index in [-0.39, 0.29) is 30.5 Å². The fourth-order valence-corrected chi connectivity index (χ4v) is 6.10. The zero-order valence-corrected chi connectivity index (χ0v) is 26.1. The molecule has 2 heterocycles. The number of rotatable bonds is 9. The zero-order valence-electron chi connectivity index (χ0n) is 24.5. The average molecular weight is 651 g/mol. The Morgan fingerprint density at radius 3 is 2.39 bits per heavy atom. The first-order chi connectivity index (χ1) is 22.3. The number of para-hydroxylation sites is 1. The minimum absolute atomic E-state index is 0.0655. The predicted molar refractivity (Wildman–Crippen MR) is 182 cm³/mol. The molecule has 1 aliphatic heterocycles. The van der Waals surface area contributed by atoms with Gasteiger partial charge in [0.05, 0.1) is 29.8 Å². The Kier molecular flexibility index (Phi) is 8.91. The van der Waals surface area contributed by atoms with E-state index in [1.807, 2.05) is 41.1 Å². The van der Waals surface area contributed by atoms with Crippen LogP contribution in [0, 0.1) is 0 Å². The third-order valence-electron chi connectivity index (χ3n) is 7.27. The summed E-state index contributed by atoms with van der Waals surface area (Å²) in [4.78, 5) is 45.0. The molecule has 0 radical (unpaired) electrons. The summed E-state index contributed by atoms with van der Waals surface area (Å²) in [6.07, 6.45) is 3.68. The highest BCUT2D eigenvalue weighted by Gasteiger charge is 2.34. The highest BCUT2D eigenvalue weighted by molar-refractivity contribution is 8.18. The van der Waals surface area contributed by atoms with Gasteiger partial charge in [-0.2, -0.15) is 0 Å². The number of amidine groups is 1. The van der Waals surface area contributed by atoms with Gasteiger partial charge in [-0.15, -0.1) is 0 Å². The van der Waals surface area contributed by atoms with Gasteiger partial charge in [0.15, 0.2) is 5.17 Å². The third-order valence-corrected chi connectivity index (χ3v) is 8.53. The van der Waals surface area contributed by atoms with E-state index in [9.17, 15) is 19.5 Å². The van der Waals surface area contributed by atoms with Crippen molar-refractivity contribution in [3.8, 4) is 5.75 Å². The summed E-state index contributed by atoms with van der Waals surface area (Å²) in [6, 6.07) is 28.2. The van der Waals surface area contributed by atoms with E-state index in [0.717, 1.165) is 22.0 Å². The van der Waals surface area contributed by atoms with Crippen molar-refractivity contribution in [2.75, 3.05) is 12.4 Å². The predicted octanol–water partition coefficient (Wildman–Crippen LogP) is 7.44. The number of aliphatic imine (C=N–C) groups is 1. The van der Waals surface area contributed by atoms with E-state index in [4.69, 9.17) is 21.3 Å². The molecule has 1 fully saturated rings. The molecule has 2 amide bonds. The quantitative estimate of drug-likeness (QED) is 0.160. The van der Waals surface area contributed by atoms with Crippen LogP contribution in [0.3, 0.4) is 0 Å². The molecule has 2 N–H and O–H groups in total. The minimum atomic E-state index is -1.02. The van der Waals surface area contributed by atoms with Gasteiger partial charge in [-0.05, 0) is 90.1 Å². The number of halogens is 1. The molecule has 0 unspecified atom stereocenters. The number of carbonyl (C=O) groups excluding carboxylic acids is 2. The Morgan fingerprint density at radius 2 is 1.70 bits per heavy atom. The lowest BCUT2D eigenvalue weighted by Crippen LogP contribution is -2.28. The number of carbonyl (C=O) groups is 3. The van der Waals surface area contributed by atoms with Crippen LogP contribution in [0.15, 0.2) is 113 Å². The molecule has 46 heavy (non-hydrogen) atoms. The monoisotopic (exact) mass is 650 g/mol. The topological polar surface area (TPSA) is 113 Å². The van der Waals surface area contributed by atoms with Gasteiger partial charge in [0.25, 0.3) is 5.91 Å². The van der Waals surface area contributed by atoms with Crippen LogP contribution in [0.5, 0.6) is 5.75 Å². The first-order valence-corrected chi connectivity index (χ1v) is 15.4. The Hall–Kier alpha value is -5.32. The van der Waals surface area contributed by atoms with Crippen molar-refractivity contribution in [1.82, 2.24) is 9.47 Å². The Balaban J connectivity index is 1.32. The number of anilines is 1. The van der Waals surface area contributed by atoms with Gasteiger partial charge in [0, 0.05) is 33.4 Å². The molecule has 1 aromatic heterocycles. The van der Waals surface area contributed by atoms with E-state index in [2.05, 4.69) is 5.32 Å². The SMILES string of the molecule is COc1ccc(N=C2S/C(=C\c3cn(CC(=O)Nc4ccc(Cl)cc4)c4ccccc34)C(=O)N2Cc2ccc(C(=O)O)cc2)cc1. The second-order valence-corrected chi connectivity index (χ2v) is 11.8. The van der Waals surface area contributed by atoms with Crippen molar-refractivity contribution < 1.29 is 24.2 Å². The first-order valence-electron chi connectivity index (χ1n) is 14.2. The number of hydrogen-bond donors (Lipinski definition) is 2. The van der Waals surface area contributed by atoms with Crippen molar-refractivity contribution in [2.45, 2.75) is 13.1 Å². The van der Waals surface area contributed by atoms with Crippen LogP contribution in [-0.2, 0) is 22.7 Å². The number of aromatic carboxylic acids is 1. The highest BCUT2D eigenvalue weighted by atomic mass is 35.5. The molecule has 6 rings (SSSR count). The summed E-state index contributed by atoms with van der Waals surface area (Å²) in [5, 5.41) is 14.1. The standard InChI is InChI=1S/C35H27ClN4O5S/c1-45-28-16-14-27(15-17-28)38-35-40(19-22-6-8-23(9-7-22)34(43)44)33(42)31(46-35)18-24-20-39(30-5-3-2-4-29(24)30)21-32(41)37-26-12-10-25(36)11-13-26/h2-18,20H,19,21H2,1H3,(H,37,41)(H,43,44)/b31-18-,38-35?. The number of aromatic nitrogens is 1. The van der Waals surface area contributed by atoms with Gasteiger partial charge >= 0.3 is 5.97 Å². The third kappa shape index (κ3) is 6.83. The van der Waals surface area contributed by atoms with Gasteiger partial charge in [-0.1, -0.05) is 41.9 Å². The minimum Gasteiger partial charge on any atom is -0.497 e. The van der Waals surface area contributed by atoms with Crippen LogP contribution in [-0.4, -0.2) is 44.6 Å². The molecular formula is C35H27ClN4O5S. The first kappa shape index (κ1) is 30.7. The summed E-state index contributed by atoms with van der Waals surface area (Å²) < 4.78 is 7.11. The molecule has 11 heteroatoms. The Labute approximate surface area is 273 Å². The van der Waals surface area contributed by atoms with Crippen molar-refractivity contribution in [3.63, 3.8) is 0 Å². The molecule has 1 aliphatic rings. The van der Waals surface area contributed by atoms with Crippen LogP contribution in [0.4, 0.5) is 11.4 Å². The van der Waals surface area contributed by atoms with E-state index in [1.165, 1.54) is 23.9 Å². The van der Waals surface area contributed by atoms with E-state index in [1.54, 1.807) is 72.7 Å². The highest BCUT2D eigenvalue weighted by Crippen LogP contribution is 2.37. The zero-order chi connectivity index (χ0) is 32.2. The number of carboxylic acids is 1.